The van der Waals surface area contributed by atoms with Crippen LogP contribution in [-0.4, -0.2) is 21.6 Å². The van der Waals surface area contributed by atoms with E-state index in [1.807, 2.05) is 0 Å². The van der Waals surface area contributed by atoms with Gasteiger partial charge >= 0.3 is 6.18 Å². The van der Waals surface area contributed by atoms with E-state index < -0.39 is 21.8 Å². The van der Waals surface area contributed by atoms with Crippen LogP contribution in [0.4, 0.5) is 24.5 Å². The summed E-state index contributed by atoms with van der Waals surface area (Å²) in [7, 11) is -4.02. The topological polar surface area (TPSA) is 72.6 Å². The molecule has 2 N–H and O–H groups in total. The Morgan fingerprint density at radius 3 is 2.40 bits per heavy atom. The molecule has 134 valence electrons. The molecule has 0 saturated carbocycles. The molecule has 0 saturated heterocycles. The first-order valence-electron chi connectivity index (χ1n) is 7.42. The van der Waals surface area contributed by atoms with Crippen molar-refractivity contribution in [2.45, 2.75) is 17.5 Å². The van der Waals surface area contributed by atoms with Crippen LogP contribution < -0.4 is 14.8 Å². The second kappa shape index (κ2) is 6.14. The van der Waals surface area contributed by atoms with Crippen LogP contribution in [0.15, 0.2) is 47.4 Å². The van der Waals surface area contributed by atoms with Crippen molar-refractivity contribution in [3.8, 4) is 5.75 Å². The van der Waals surface area contributed by atoms with Gasteiger partial charge in [-0.2, -0.15) is 13.2 Å². The largest absolute Gasteiger partial charge is 0.492 e. The molecule has 0 spiro atoms. The third kappa shape index (κ3) is 3.37. The van der Waals surface area contributed by atoms with E-state index in [4.69, 9.17) is 10.5 Å². The number of nitrogen functional groups attached to an aromatic ring is 1. The quantitative estimate of drug-likeness (QED) is 0.780. The molecule has 0 radical (unpaired) electrons. The number of anilines is 2. The van der Waals surface area contributed by atoms with Gasteiger partial charge in [-0.05, 0) is 42.5 Å². The first-order valence-corrected chi connectivity index (χ1v) is 8.86. The second-order valence-electron chi connectivity index (χ2n) is 5.53. The van der Waals surface area contributed by atoms with Crippen molar-refractivity contribution in [1.29, 1.82) is 0 Å². The van der Waals surface area contributed by atoms with E-state index in [2.05, 4.69) is 0 Å². The molecule has 0 aliphatic carbocycles. The highest BCUT2D eigenvalue weighted by atomic mass is 32.2. The summed E-state index contributed by atoms with van der Waals surface area (Å²) < 4.78 is 70.6. The zero-order chi connectivity index (χ0) is 18.2. The van der Waals surface area contributed by atoms with Gasteiger partial charge in [-0.15, -0.1) is 0 Å². The van der Waals surface area contributed by atoms with Crippen LogP contribution in [0, 0.1) is 0 Å². The SMILES string of the molecule is Nc1ccc2c(c1)S(=O)(=O)N(c1ccc(C(F)(F)F)cc1)CCCO2. The molecule has 3 rings (SSSR count). The smallest absolute Gasteiger partial charge is 0.416 e. The second-order valence-corrected chi connectivity index (χ2v) is 7.36. The fourth-order valence-corrected chi connectivity index (χ4v) is 4.23. The number of ether oxygens (including phenoxy) is 1. The van der Waals surface area contributed by atoms with E-state index in [9.17, 15) is 21.6 Å². The summed E-state index contributed by atoms with van der Waals surface area (Å²) >= 11 is 0. The van der Waals surface area contributed by atoms with Crippen LogP contribution in [0.2, 0.25) is 0 Å². The van der Waals surface area contributed by atoms with Gasteiger partial charge in [0.2, 0.25) is 0 Å². The van der Waals surface area contributed by atoms with Gasteiger partial charge in [-0.1, -0.05) is 0 Å². The molecular formula is C16H15F3N2O3S. The summed E-state index contributed by atoms with van der Waals surface area (Å²) in [5.74, 6) is 0.172. The maximum atomic E-state index is 13.0. The fourth-order valence-electron chi connectivity index (χ4n) is 2.56. The molecule has 5 nitrogen and oxygen atoms in total. The zero-order valence-electron chi connectivity index (χ0n) is 13.0. The number of halogens is 3. The van der Waals surface area contributed by atoms with Gasteiger partial charge < -0.3 is 10.5 Å². The Bertz CT molecular complexity index is 880. The lowest BCUT2D eigenvalue weighted by molar-refractivity contribution is -0.137. The average Bonchev–Trinajstić information content (AvgIpc) is 2.54. The van der Waals surface area contributed by atoms with Crippen molar-refractivity contribution in [2.24, 2.45) is 0 Å². The molecule has 1 heterocycles. The van der Waals surface area contributed by atoms with E-state index in [0.29, 0.717) is 6.42 Å². The number of benzene rings is 2. The van der Waals surface area contributed by atoms with Crippen molar-refractivity contribution in [3.63, 3.8) is 0 Å². The summed E-state index contributed by atoms with van der Waals surface area (Å²) in [5, 5.41) is 0. The van der Waals surface area contributed by atoms with Gasteiger partial charge in [0.05, 0.1) is 17.9 Å². The third-order valence-electron chi connectivity index (χ3n) is 3.78. The average molecular weight is 372 g/mol. The lowest BCUT2D eigenvalue weighted by Crippen LogP contribution is -2.34. The van der Waals surface area contributed by atoms with Crippen molar-refractivity contribution >= 4 is 21.4 Å². The van der Waals surface area contributed by atoms with Crippen molar-refractivity contribution in [2.75, 3.05) is 23.2 Å². The molecule has 2 aromatic carbocycles. The maximum Gasteiger partial charge on any atom is 0.416 e. The molecule has 1 aliphatic rings. The van der Waals surface area contributed by atoms with Gasteiger partial charge in [-0.3, -0.25) is 4.31 Å². The molecule has 9 heteroatoms. The minimum absolute atomic E-state index is 0.0853. The van der Waals surface area contributed by atoms with Gasteiger partial charge in [0.25, 0.3) is 10.0 Å². The van der Waals surface area contributed by atoms with E-state index in [-0.39, 0.29) is 35.2 Å². The Kier molecular flexibility index (Phi) is 4.28. The molecule has 0 unspecified atom stereocenters. The summed E-state index contributed by atoms with van der Waals surface area (Å²) in [4.78, 5) is -0.105. The number of sulfonamides is 1. The molecular weight excluding hydrogens is 357 g/mol. The minimum Gasteiger partial charge on any atom is -0.492 e. The summed E-state index contributed by atoms with van der Waals surface area (Å²) in [6.07, 6.45) is -4.09. The summed E-state index contributed by atoms with van der Waals surface area (Å²) in [6, 6.07) is 8.30. The number of rotatable bonds is 1. The number of nitrogens with two attached hydrogens (primary N) is 1. The molecule has 0 bridgehead atoms. The minimum atomic E-state index is -4.48. The van der Waals surface area contributed by atoms with E-state index in [1.54, 1.807) is 0 Å². The normalized spacial score (nSPS) is 17.2. The first kappa shape index (κ1) is 17.4. The van der Waals surface area contributed by atoms with E-state index >= 15 is 0 Å². The molecule has 0 aromatic heterocycles. The Labute approximate surface area is 142 Å². The standard InChI is InChI=1S/C16H15F3N2O3S/c17-16(18,19)11-2-5-13(6-3-11)21-8-1-9-24-14-7-4-12(20)10-15(14)25(21,22)23/h2-7,10H,1,8-9,20H2. The van der Waals surface area contributed by atoms with Gasteiger partial charge in [0.15, 0.2) is 0 Å². The first-order chi connectivity index (χ1) is 11.7. The van der Waals surface area contributed by atoms with E-state index in [0.717, 1.165) is 28.6 Å². The zero-order valence-corrected chi connectivity index (χ0v) is 13.8. The maximum absolute atomic E-state index is 13.0. The molecule has 25 heavy (non-hydrogen) atoms. The van der Waals surface area contributed by atoms with Crippen LogP contribution in [0.3, 0.4) is 0 Å². The highest BCUT2D eigenvalue weighted by Crippen LogP contribution is 2.35. The molecule has 2 aromatic rings. The number of fused-ring (bicyclic) bond motifs is 1. The number of nitrogens with zero attached hydrogens (tertiary/aromatic N) is 1. The number of hydrogen-bond donors (Lipinski definition) is 1. The lowest BCUT2D eigenvalue weighted by atomic mass is 10.2. The summed E-state index contributed by atoms with van der Waals surface area (Å²) in [5.41, 5.74) is 5.25. The number of hydrogen-bond acceptors (Lipinski definition) is 4. The fraction of sp³-hybridized carbons (Fsp3) is 0.250. The Morgan fingerprint density at radius 1 is 1.08 bits per heavy atom. The van der Waals surface area contributed by atoms with Crippen LogP contribution in [0.5, 0.6) is 5.75 Å². The predicted octanol–water partition coefficient (Wildman–Crippen LogP) is 3.27. The van der Waals surface area contributed by atoms with Crippen molar-refractivity contribution < 1.29 is 26.3 Å². The third-order valence-corrected chi connectivity index (χ3v) is 5.63. The van der Waals surface area contributed by atoms with Gasteiger partial charge in [0, 0.05) is 18.7 Å². The predicted molar refractivity (Wildman–Crippen MR) is 86.9 cm³/mol. The Morgan fingerprint density at radius 2 is 1.76 bits per heavy atom. The van der Waals surface area contributed by atoms with Gasteiger partial charge in [-0.25, -0.2) is 8.42 Å². The lowest BCUT2D eigenvalue weighted by Gasteiger charge is -2.28. The molecule has 0 amide bonds. The molecule has 0 fully saturated rings. The molecule has 1 aliphatic heterocycles. The number of alkyl halides is 3. The van der Waals surface area contributed by atoms with E-state index in [1.165, 1.54) is 18.2 Å². The Hall–Kier alpha value is -2.42. The van der Waals surface area contributed by atoms with Crippen LogP contribution in [0.25, 0.3) is 0 Å². The highest BCUT2D eigenvalue weighted by molar-refractivity contribution is 7.93. The van der Waals surface area contributed by atoms with Crippen molar-refractivity contribution in [1.82, 2.24) is 0 Å². The summed E-state index contributed by atoms with van der Waals surface area (Å²) in [6.45, 7) is 0.367. The molecule has 0 atom stereocenters. The van der Waals surface area contributed by atoms with Gasteiger partial charge in [0.1, 0.15) is 10.6 Å². The van der Waals surface area contributed by atoms with Crippen LogP contribution in [-0.2, 0) is 16.2 Å². The van der Waals surface area contributed by atoms with Crippen LogP contribution in [0.1, 0.15) is 12.0 Å². The monoisotopic (exact) mass is 372 g/mol. The highest BCUT2D eigenvalue weighted by Gasteiger charge is 2.33. The van der Waals surface area contributed by atoms with Crippen LogP contribution >= 0.6 is 0 Å². The van der Waals surface area contributed by atoms with Crippen molar-refractivity contribution in [3.05, 3.63) is 48.0 Å². The Balaban J connectivity index is 2.07.